The number of rotatable bonds is 8. The predicted octanol–water partition coefficient (Wildman–Crippen LogP) is -1.13. The van der Waals surface area contributed by atoms with Gasteiger partial charge in [-0.2, -0.15) is 0 Å². The summed E-state index contributed by atoms with van der Waals surface area (Å²) in [6.45, 7) is 5.73. The SMILES string of the molecule is C=C/C=C\c1[nH]c(Bc2ccc(Bc3ccnc(Bc4ccccc4)n3)cc2)nc1C. The number of allylic oxidation sites excluding steroid dienone is 2. The van der Waals surface area contributed by atoms with Gasteiger partial charge in [0.15, 0.2) is 0 Å². The van der Waals surface area contributed by atoms with Crippen molar-refractivity contribution in [2.45, 2.75) is 6.92 Å². The highest BCUT2D eigenvalue weighted by molar-refractivity contribution is 6.69. The first kappa shape index (κ1) is 20.7. The molecule has 4 nitrogen and oxygen atoms in total. The molecule has 0 amide bonds. The van der Waals surface area contributed by atoms with Crippen LogP contribution in [0.25, 0.3) is 6.08 Å². The molecule has 0 spiro atoms. The first-order valence-electron chi connectivity index (χ1n) is 10.5. The summed E-state index contributed by atoms with van der Waals surface area (Å²) in [4.78, 5) is 17.2. The molecule has 2 aromatic carbocycles. The number of aromatic amines is 1. The second kappa shape index (κ2) is 9.94. The maximum Gasteiger partial charge on any atom is 0.240 e. The third-order valence-corrected chi connectivity index (χ3v) is 5.12. The average molecular weight is 400 g/mol. The van der Waals surface area contributed by atoms with E-state index in [2.05, 4.69) is 57.9 Å². The Kier molecular flexibility index (Phi) is 6.63. The van der Waals surface area contributed by atoms with Crippen LogP contribution < -0.4 is 33.4 Å². The zero-order valence-electron chi connectivity index (χ0n) is 17.8. The Balaban J connectivity index is 1.40. The first-order chi connectivity index (χ1) is 15.2. The van der Waals surface area contributed by atoms with Crippen LogP contribution in [0.2, 0.25) is 0 Å². The molecule has 0 unspecified atom stereocenters. The molecule has 0 atom stereocenters. The zero-order chi connectivity index (χ0) is 21.5. The Morgan fingerprint density at radius 1 is 0.839 bits per heavy atom. The lowest BCUT2D eigenvalue weighted by Crippen LogP contribution is -2.40. The molecule has 2 aromatic heterocycles. The van der Waals surface area contributed by atoms with Crippen LogP contribution in [0.5, 0.6) is 0 Å². The van der Waals surface area contributed by atoms with E-state index >= 15 is 0 Å². The monoisotopic (exact) mass is 400 g/mol. The summed E-state index contributed by atoms with van der Waals surface area (Å²) in [7, 11) is 2.32. The summed E-state index contributed by atoms with van der Waals surface area (Å²) in [5, 5.41) is 0. The summed E-state index contributed by atoms with van der Waals surface area (Å²) < 4.78 is 0. The van der Waals surface area contributed by atoms with Crippen molar-refractivity contribution in [3.05, 3.63) is 97.0 Å². The molecule has 0 saturated carbocycles. The number of imidazole rings is 1. The summed E-state index contributed by atoms with van der Waals surface area (Å²) in [6.07, 6.45) is 7.53. The van der Waals surface area contributed by atoms with Crippen molar-refractivity contribution >= 4 is 61.3 Å². The van der Waals surface area contributed by atoms with E-state index in [4.69, 9.17) is 4.98 Å². The fraction of sp³-hybridized carbons (Fsp3) is 0.0417. The zero-order valence-corrected chi connectivity index (χ0v) is 17.8. The Hall–Kier alpha value is -3.60. The van der Waals surface area contributed by atoms with Crippen LogP contribution in [0.1, 0.15) is 11.4 Å². The Labute approximate surface area is 185 Å². The molecule has 0 bridgehead atoms. The van der Waals surface area contributed by atoms with Gasteiger partial charge in [0.25, 0.3) is 0 Å². The fourth-order valence-electron chi connectivity index (χ4n) is 3.53. The standard InChI is InChI=1S/C24H23B3N4/c1-3-4-10-21-17(2)29-24(30-21)27-20-13-11-19(12-14-20)25-22-15-16-28-23(31-22)26-18-8-6-5-7-9-18/h3-16,25-27H,1H2,2H3,(H,29,30)/b10-4-. The Morgan fingerprint density at radius 2 is 1.55 bits per heavy atom. The quantitative estimate of drug-likeness (QED) is 0.301. The maximum absolute atomic E-state index is 4.75. The third-order valence-electron chi connectivity index (χ3n) is 5.12. The van der Waals surface area contributed by atoms with E-state index in [1.807, 2.05) is 49.5 Å². The van der Waals surface area contributed by atoms with Crippen LogP contribution >= 0.6 is 0 Å². The molecule has 0 radical (unpaired) electrons. The van der Waals surface area contributed by atoms with E-state index in [1.165, 1.54) is 16.4 Å². The van der Waals surface area contributed by atoms with E-state index in [-0.39, 0.29) is 0 Å². The molecule has 0 aliphatic carbocycles. The van der Waals surface area contributed by atoms with Gasteiger partial charge < -0.3 is 4.98 Å². The minimum absolute atomic E-state index is 0.750. The second-order valence-electron chi connectivity index (χ2n) is 7.57. The minimum Gasteiger partial charge on any atom is -0.350 e. The van der Waals surface area contributed by atoms with E-state index in [0.717, 1.165) is 50.3 Å². The topological polar surface area (TPSA) is 54.5 Å². The van der Waals surface area contributed by atoms with E-state index in [9.17, 15) is 0 Å². The number of hydrogen-bond donors (Lipinski definition) is 1. The second-order valence-corrected chi connectivity index (χ2v) is 7.57. The van der Waals surface area contributed by atoms with Crippen molar-refractivity contribution in [3.63, 3.8) is 0 Å². The molecule has 31 heavy (non-hydrogen) atoms. The van der Waals surface area contributed by atoms with Gasteiger partial charge in [-0.15, -0.1) is 0 Å². The van der Waals surface area contributed by atoms with Gasteiger partial charge in [-0.3, -0.25) is 9.97 Å². The van der Waals surface area contributed by atoms with Gasteiger partial charge in [0.05, 0.1) is 22.8 Å². The highest BCUT2D eigenvalue weighted by atomic mass is 14.9. The molecule has 0 aliphatic rings. The van der Waals surface area contributed by atoms with Crippen molar-refractivity contribution in [1.82, 2.24) is 19.9 Å². The number of nitrogens with zero attached hydrogens (tertiary/aromatic N) is 3. The average Bonchev–Trinajstić information content (AvgIpc) is 3.13. The van der Waals surface area contributed by atoms with Gasteiger partial charge in [-0.25, -0.2) is 4.98 Å². The number of benzene rings is 2. The van der Waals surface area contributed by atoms with E-state index in [0.29, 0.717) is 0 Å². The Bertz CT molecular complexity index is 1190. The van der Waals surface area contributed by atoms with Crippen LogP contribution in [0, 0.1) is 6.92 Å². The van der Waals surface area contributed by atoms with Gasteiger partial charge >= 0.3 is 0 Å². The lowest BCUT2D eigenvalue weighted by molar-refractivity contribution is 1.27. The van der Waals surface area contributed by atoms with Gasteiger partial charge in [-0.1, -0.05) is 89.7 Å². The van der Waals surface area contributed by atoms with E-state index in [1.54, 1.807) is 6.08 Å². The molecule has 1 N–H and O–H groups in total. The molecule has 148 valence electrons. The van der Waals surface area contributed by atoms with Crippen molar-refractivity contribution < 1.29 is 0 Å². The summed E-state index contributed by atoms with van der Waals surface area (Å²) in [5.74, 6) is 0. The molecular weight excluding hydrogens is 377 g/mol. The number of aromatic nitrogens is 4. The number of aryl methyl sites for hydroxylation is 1. The molecule has 0 aliphatic heterocycles. The predicted molar refractivity (Wildman–Crippen MR) is 137 cm³/mol. The van der Waals surface area contributed by atoms with Crippen LogP contribution in [0.3, 0.4) is 0 Å². The highest BCUT2D eigenvalue weighted by Gasteiger charge is 2.09. The summed E-state index contributed by atoms with van der Waals surface area (Å²) in [5.41, 5.74) is 8.57. The highest BCUT2D eigenvalue weighted by Crippen LogP contribution is 2.01. The van der Waals surface area contributed by atoms with Gasteiger partial charge in [-0.05, 0) is 19.1 Å². The molecule has 2 heterocycles. The lowest BCUT2D eigenvalue weighted by atomic mass is 9.63. The van der Waals surface area contributed by atoms with Crippen LogP contribution in [-0.2, 0) is 0 Å². The van der Waals surface area contributed by atoms with Crippen LogP contribution in [0.15, 0.2) is 85.6 Å². The number of nitrogens with one attached hydrogen (secondary N) is 1. The Morgan fingerprint density at radius 3 is 2.29 bits per heavy atom. The maximum atomic E-state index is 4.75. The summed E-state index contributed by atoms with van der Waals surface area (Å²) in [6, 6.07) is 21.0. The molecule has 0 saturated heterocycles. The largest absolute Gasteiger partial charge is 0.350 e. The smallest absolute Gasteiger partial charge is 0.240 e. The molecule has 4 aromatic rings. The third kappa shape index (κ3) is 5.73. The number of H-pyrrole nitrogens is 1. The molecule has 0 fully saturated rings. The lowest BCUT2D eigenvalue weighted by Gasteiger charge is -2.04. The number of hydrogen-bond acceptors (Lipinski definition) is 3. The van der Waals surface area contributed by atoms with Crippen molar-refractivity contribution in [1.29, 1.82) is 0 Å². The van der Waals surface area contributed by atoms with E-state index < -0.39 is 0 Å². The van der Waals surface area contributed by atoms with Gasteiger partial charge in [0, 0.05) is 11.8 Å². The van der Waals surface area contributed by atoms with Gasteiger partial charge in [0.1, 0.15) is 0 Å². The normalized spacial score (nSPS) is 10.7. The fourth-order valence-corrected chi connectivity index (χ4v) is 3.53. The van der Waals surface area contributed by atoms with Crippen molar-refractivity contribution in [3.8, 4) is 0 Å². The summed E-state index contributed by atoms with van der Waals surface area (Å²) >= 11 is 0. The van der Waals surface area contributed by atoms with Crippen LogP contribution in [-0.4, -0.2) is 41.8 Å². The van der Waals surface area contributed by atoms with Gasteiger partial charge in [0.2, 0.25) is 21.8 Å². The van der Waals surface area contributed by atoms with Crippen LogP contribution in [0.4, 0.5) is 0 Å². The van der Waals surface area contributed by atoms with Crippen molar-refractivity contribution in [2.24, 2.45) is 0 Å². The van der Waals surface area contributed by atoms with Crippen molar-refractivity contribution in [2.75, 3.05) is 0 Å². The minimum atomic E-state index is 0.750. The first-order valence-corrected chi connectivity index (χ1v) is 10.5. The molecular formula is C24H23B3N4. The molecule has 7 heteroatoms. The molecule has 4 rings (SSSR count).